The van der Waals surface area contributed by atoms with E-state index in [1.165, 1.54) is 0 Å². The SMILES string of the molecule is CC[C@@H](C)C[C@@](N)(CCCF)C(=O)O. The summed E-state index contributed by atoms with van der Waals surface area (Å²) in [5.41, 5.74) is 4.49. The molecule has 0 aromatic heterocycles. The summed E-state index contributed by atoms with van der Waals surface area (Å²) >= 11 is 0. The summed E-state index contributed by atoms with van der Waals surface area (Å²) in [5, 5.41) is 8.96. The van der Waals surface area contributed by atoms with E-state index >= 15 is 0 Å². The van der Waals surface area contributed by atoms with Crippen molar-refractivity contribution in [3.8, 4) is 0 Å². The molecule has 0 bridgehead atoms. The van der Waals surface area contributed by atoms with Crippen molar-refractivity contribution < 1.29 is 14.3 Å². The Kier molecular flexibility index (Phi) is 5.69. The average Bonchev–Trinajstić information content (AvgIpc) is 2.14. The molecular weight excluding hydrogens is 185 g/mol. The van der Waals surface area contributed by atoms with Crippen molar-refractivity contribution in [3.63, 3.8) is 0 Å². The van der Waals surface area contributed by atoms with E-state index in [9.17, 15) is 9.18 Å². The van der Waals surface area contributed by atoms with Crippen molar-refractivity contribution in [1.29, 1.82) is 0 Å². The van der Waals surface area contributed by atoms with Gasteiger partial charge in [-0.25, -0.2) is 0 Å². The zero-order chi connectivity index (χ0) is 11.2. The van der Waals surface area contributed by atoms with E-state index in [-0.39, 0.29) is 18.8 Å². The Morgan fingerprint density at radius 3 is 2.57 bits per heavy atom. The van der Waals surface area contributed by atoms with E-state index in [1.807, 2.05) is 13.8 Å². The van der Waals surface area contributed by atoms with Crippen molar-refractivity contribution in [1.82, 2.24) is 0 Å². The summed E-state index contributed by atoms with van der Waals surface area (Å²) in [5.74, 6) is -0.762. The maximum absolute atomic E-state index is 12.0. The van der Waals surface area contributed by atoms with Crippen molar-refractivity contribution in [2.75, 3.05) is 6.67 Å². The lowest BCUT2D eigenvalue weighted by atomic mass is 9.84. The van der Waals surface area contributed by atoms with E-state index in [1.54, 1.807) is 0 Å². The van der Waals surface area contributed by atoms with Crippen LogP contribution in [0.3, 0.4) is 0 Å². The Bertz CT molecular complexity index is 187. The Morgan fingerprint density at radius 1 is 1.64 bits per heavy atom. The Balaban J connectivity index is 4.31. The molecule has 0 unspecified atom stereocenters. The first kappa shape index (κ1) is 13.4. The lowest BCUT2D eigenvalue weighted by Gasteiger charge is -2.27. The molecule has 0 heterocycles. The van der Waals surface area contributed by atoms with Gasteiger partial charge in [0, 0.05) is 0 Å². The summed E-state index contributed by atoms with van der Waals surface area (Å²) in [4.78, 5) is 10.9. The van der Waals surface area contributed by atoms with Gasteiger partial charge in [0.2, 0.25) is 0 Å². The summed E-state index contributed by atoms with van der Waals surface area (Å²) in [6.45, 7) is 3.44. The van der Waals surface area contributed by atoms with Crippen LogP contribution in [0, 0.1) is 5.92 Å². The predicted molar refractivity (Wildman–Crippen MR) is 53.8 cm³/mol. The van der Waals surface area contributed by atoms with Gasteiger partial charge in [0.25, 0.3) is 0 Å². The Morgan fingerprint density at radius 2 is 2.21 bits per heavy atom. The lowest BCUT2D eigenvalue weighted by molar-refractivity contribution is -0.144. The molecule has 14 heavy (non-hydrogen) atoms. The molecule has 0 saturated carbocycles. The highest BCUT2D eigenvalue weighted by Gasteiger charge is 2.34. The van der Waals surface area contributed by atoms with Gasteiger partial charge >= 0.3 is 5.97 Å². The van der Waals surface area contributed by atoms with Crippen LogP contribution in [0.1, 0.15) is 39.5 Å². The average molecular weight is 205 g/mol. The second kappa shape index (κ2) is 5.96. The van der Waals surface area contributed by atoms with Crippen LogP contribution < -0.4 is 5.73 Å². The van der Waals surface area contributed by atoms with Crippen LogP contribution >= 0.6 is 0 Å². The fourth-order valence-corrected chi connectivity index (χ4v) is 1.44. The molecule has 0 amide bonds. The first-order valence-corrected chi connectivity index (χ1v) is 5.04. The molecule has 0 saturated heterocycles. The molecule has 0 aromatic rings. The zero-order valence-corrected chi connectivity index (χ0v) is 8.92. The number of carboxylic acid groups (broad SMARTS) is 1. The second-order valence-corrected chi connectivity index (χ2v) is 3.97. The molecule has 0 aliphatic carbocycles. The van der Waals surface area contributed by atoms with Gasteiger partial charge in [-0.05, 0) is 25.2 Å². The monoisotopic (exact) mass is 205 g/mol. The number of nitrogens with two attached hydrogens (primary N) is 1. The summed E-state index contributed by atoms with van der Waals surface area (Å²) in [6.07, 6.45) is 1.74. The molecule has 0 spiro atoms. The number of hydrogen-bond acceptors (Lipinski definition) is 2. The van der Waals surface area contributed by atoms with Crippen molar-refractivity contribution >= 4 is 5.97 Å². The van der Waals surface area contributed by atoms with Crippen LogP contribution in [0.2, 0.25) is 0 Å². The second-order valence-electron chi connectivity index (χ2n) is 3.97. The van der Waals surface area contributed by atoms with E-state index in [2.05, 4.69) is 0 Å². The van der Waals surface area contributed by atoms with Crippen molar-refractivity contribution in [2.24, 2.45) is 11.7 Å². The zero-order valence-electron chi connectivity index (χ0n) is 8.92. The van der Waals surface area contributed by atoms with Gasteiger partial charge in [-0.3, -0.25) is 9.18 Å². The third-order valence-electron chi connectivity index (χ3n) is 2.59. The molecule has 2 atom stereocenters. The molecule has 0 rings (SSSR count). The molecule has 0 aliphatic rings. The predicted octanol–water partition coefficient (Wildman–Crippen LogP) is 1.95. The van der Waals surface area contributed by atoms with E-state index < -0.39 is 18.2 Å². The number of carbonyl (C=O) groups is 1. The summed E-state index contributed by atoms with van der Waals surface area (Å²) < 4.78 is 12.0. The number of halogens is 1. The van der Waals surface area contributed by atoms with Crippen LogP contribution in [-0.4, -0.2) is 23.3 Å². The number of alkyl halides is 1. The highest BCUT2D eigenvalue weighted by atomic mass is 19.1. The minimum atomic E-state index is -1.25. The van der Waals surface area contributed by atoms with Crippen LogP contribution in [0.15, 0.2) is 0 Å². The lowest BCUT2D eigenvalue weighted by Crippen LogP contribution is -2.49. The van der Waals surface area contributed by atoms with E-state index in [0.717, 1.165) is 6.42 Å². The Labute approximate surface area is 84.5 Å². The third-order valence-corrected chi connectivity index (χ3v) is 2.59. The first-order valence-electron chi connectivity index (χ1n) is 5.04. The van der Waals surface area contributed by atoms with Gasteiger partial charge in [-0.2, -0.15) is 0 Å². The van der Waals surface area contributed by atoms with Crippen LogP contribution in [-0.2, 0) is 4.79 Å². The third kappa shape index (κ3) is 4.05. The molecule has 0 aromatic carbocycles. The summed E-state index contributed by atoms with van der Waals surface area (Å²) in [6, 6.07) is 0. The molecule has 3 N–H and O–H groups in total. The van der Waals surface area contributed by atoms with Gasteiger partial charge in [-0.1, -0.05) is 20.3 Å². The molecule has 4 heteroatoms. The van der Waals surface area contributed by atoms with Gasteiger partial charge in [-0.15, -0.1) is 0 Å². The maximum Gasteiger partial charge on any atom is 0.323 e. The van der Waals surface area contributed by atoms with Gasteiger partial charge in [0.05, 0.1) is 6.67 Å². The van der Waals surface area contributed by atoms with Crippen LogP contribution in [0.5, 0.6) is 0 Å². The quantitative estimate of drug-likeness (QED) is 0.667. The van der Waals surface area contributed by atoms with Crippen molar-refractivity contribution in [2.45, 2.75) is 45.1 Å². The highest BCUT2D eigenvalue weighted by molar-refractivity contribution is 5.78. The topological polar surface area (TPSA) is 63.3 Å². The number of aliphatic carboxylic acids is 1. The van der Waals surface area contributed by atoms with Gasteiger partial charge in [0.15, 0.2) is 0 Å². The number of hydrogen-bond donors (Lipinski definition) is 2. The minimum absolute atomic E-state index is 0.211. The van der Waals surface area contributed by atoms with E-state index in [0.29, 0.717) is 6.42 Å². The molecule has 0 aliphatic heterocycles. The molecular formula is C10H20FNO2. The molecule has 84 valence electrons. The Hall–Kier alpha value is -0.640. The first-order chi connectivity index (χ1) is 6.46. The molecule has 3 nitrogen and oxygen atoms in total. The minimum Gasteiger partial charge on any atom is -0.480 e. The fraction of sp³-hybridized carbons (Fsp3) is 0.900. The molecule has 0 radical (unpaired) electrons. The summed E-state index contributed by atoms with van der Waals surface area (Å²) in [7, 11) is 0. The van der Waals surface area contributed by atoms with Gasteiger partial charge < -0.3 is 10.8 Å². The number of rotatable bonds is 7. The van der Waals surface area contributed by atoms with Crippen molar-refractivity contribution in [3.05, 3.63) is 0 Å². The van der Waals surface area contributed by atoms with Crippen LogP contribution in [0.4, 0.5) is 4.39 Å². The largest absolute Gasteiger partial charge is 0.480 e. The molecule has 0 fully saturated rings. The maximum atomic E-state index is 12.0. The number of carboxylic acids is 1. The van der Waals surface area contributed by atoms with Gasteiger partial charge in [0.1, 0.15) is 5.54 Å². The standard InChI is InChI=1S/C10H20FNO2/c1-3-8(2)7-10(12,9(13)14)5-4-6-11/h8H,3-7,12H2,1-2H3,(H,13,14)/t8-,10+/m1/s1. The highest BCUT2D eigenvalue weighted by Crippen LogP contribution is 2.22. The normalized spacial score (nSPS) is 17.4. The smallest absolute Gasteiger partial charge is 0.323 e. The fourth-order valence-electron chi connectivity index (χ4n) is 1.44. The van der Waals surface area contributed by atoms with Crippen LogP contribution in [0.25, 0.3) is 0 Å². The van der Waals surface area contributed by atoms with E-state index in [4.69, 9.17) is 10.8 Å².